The van der Waals surface area contributed by atoms with Crippen LogP contribution in [0.4, 0.5) is 0 Å². The molecule has 2 nitrogen and oxygen atoms in total. The number of thioether (sulfide) groups is 1. The maximum atomic E-state index is 4.45. The first-order chi connectivity index (χ1) is 7.18. The summed E-state index contributed by atoms with van der Waals surface area (Å²) in [4.78, 5) is 4.45. The van der Waals surface area contributed by atoms with E-state index in [9.17, 15) is 0 Å². The average molecular weight is 242 g/mol. The molecular formula is C11H18N2S2. The second-order valence-electron chi connectivity index (χ2n) is 4.36. The SMILES string of the molecule is Cc1nc(CNCC2(C)CCCS2)cs1. The van der Waals surface area contributed by atoms with Crippen molar-refractivity contribution in [3.8, 4) is 0 Å². The van der Waals surface area contributed by atoms with Crippen LogP contribution in [0.25, 0.3) is 0 Å². The molecule has 1 aromatic rings. The Labute approximate surface area is 99.9 Å². The first kappa shape index (κ1) is 11.4. The van der Waals surface area contributed by atoms with Crippen LogP contribution >= 0.6 is 23.1 Å². The fourth-order valence-corrected chi connectivity index (χ4v) is 3.81. The Bertz CT molecular complexity index is 316. The molecule has 1 aliphatic rings. The highest BCUT2D eigenvalue weighted by atomic mass is 32.2. The molecule has 0 bridgehead atoms. The number of hydrogen-bond donors (Lipinski definition) is 1. The van der Waals surface area contributed by atoms with Crippen molar-refractivity contribution in [2.75, 3.05) is 12.3 Å². The van der Waals surface area contributed by atoms with E-state index in [1.807, 2.05) is 0 Å². The molecule has 84 valence electrons. The predicted molar refractivity (Wildman–Crippen MR) is 68.7 cm³/mol. The molecule has 2 rings (SSSR count). The van der Waals surface area contributed by atoms with Gasteiger partial charge in [-0.15, -0.1) is 11.3 Å². The molecule has 1 unspecified atom stereocenters. The van der Waals surface area contributed by atoms with E-state index in [2.05, 4.69) is 41.3 Å². The summed E-state index contributed by atoms with van der Waals surface area (Å²) in [5.41, 5.74) is 1.18. The lowest BCUT2D eigenvalue weighted by molar-refractivity contribution is 0.534. The Hall–Kier alpha value is -0.0600. The van der Waals surface area contributed by atoms with Crippen molar-refractivity contribution < 1.29 is 0 Å². The van der Waals surface area contributed by atoms with Crippen LogP contribution in [-0.4, -0.2) is 22.0 Å². The van der Waals surface area contributed by atoms with Crippen LogP contribution in [0.15, 0.2) is 5.38 Å². The van der Waals surface area contributed by atoms with Gasteiger partial charge in [0.25, 0.3) is 0 Å². The summed E-state index contributed by atoms with van der Waals surface area (Å²) in [6.45, 7) is 6.45. The Balaban J connectivity index is 1.75. The number of aromatic nitrogens is 1. The summed E-state index contributed by atoms with van der Waals surface area (Å²) in [5.74, 6) is 1.33. The number of thiazole rings is 1. The van der Waals surface area contributed by atoms with Crippen LogP contribution in [0.3, 0.4) is 0 Å². The summed E-state index contributed by atoms with van der Waals surface area (Å²) in [6, 6.07) is 0. The topological polar surface area (TPSA) is 24.9 Å². The number of nitrogens with zero attached hydrogens (tertiary/aromatic N) is 1. The third-order valence-electron chi connectivity index (χ3n) is 2.77. The lowest BCUT2D eigenvalue weighted by atomic mass is 10.1. The van der Waals surface area contributed by atoms with Gasteiger partial charge in [-0.3, -0.25) is 0 Å². The van der Waals surface area contributed by atoms with Crippen LogP contribution in [0.5, 0.6) is 0 Å². The van der Waals surface area contributed by atoms with Crippen molar-refractivity contribution in [1.29, 1.82) is 0 Å². The van der Waals surface area contributed by atoms with Gasteiger partial charge >= 0.3 is 0 Å². The highest BCUT2D eigenvalue weighted by Gasteiger charge is 2.28. The van der Waals surface area contributed by atoms with Crippen LogP contribution in [0.2, 0.25) is 0 Å². The molecule has 0 saturated carbocycles. The van der Waals surface area contributed by atoms with E-state index in [0.717, 1.165) is 18.1 Å². The first-order valence-electron chi connectivity index (χ1n) is 5.44. The molecule has 1 saturated heterocycles. The number of aryl methyl sites for hydroxylation is 1. The molecular weight excluding hydrogens is 224 g/mol. The Morgan fingerprint density at radius 3 is 3.07 bits per heavy atom. The van der Waals surface area contributed by atoms with Gasteiger partial charge in [0.1, 0.15) is 0 Å². The maximum Gasteiger partial charge on any atom is 0.0897 e. The van der Waals surface area contributed by atoms with Gasteiger partial charge in [-0.25, -0.2) is 4.98 Å². The van der Waals surface area contributed by atoms with Gasteiger partial charge in [0, 0.05) is 23.2 Å². The fourth-order valence-electron chi connectivity index (χ4n) is 1.92. The molecule has 0 radical (unpaired) electrons. The summed E-state index contributed by atoms with van der Waals surface area (Å²) < 4.78 is 0.463. The van der Waals surface area contributed by atoms with E-state index in [0.29, 0.717) is 4.75 Å². The van der Waals surface area contributed by atoms with Gasteiger partial charge in [-0.2, -0.15) is 11.8 Å². The number of nitrogens with one attached hydrogen (secondary N) is 1. The normalized spacial score (nSPS) is 26.0. The lowest BCUT2D eigenvalue weighted by Gasteiger charge is -2.22. The zero-order chi connectivity index (χ0) is 10.7. The lowest BCUT2D eigenvalue weighted by Crippen LogP contribution is -2.32. The van der Waals surface area contributed by atoms with Crippen LogP contribution in [0.1, 0.15) is 30.5 Å². The minimum atomic E-state index is 0.463. The molecule has 0 spiro atoms. The molecule has 0 aliphatic carbocycles. The molecule has 0 aromatic carbocycles. The van der Waals surface area contributed by atoms with Crippen molar-refractivity contribution in [1.82, 2.24) is 10.3 Å². The van der Waals surface area contributed by atoms with E-state index in [-0.39, 0.29) is 0 Å². The van der Waals surface area contributed by atoms with Crippen LogP contribution in [-0.2, 0) is 6.54 Å². The van der Waals surface area contributed by atoms with Crippen LogP contribution < -0.4 is 5.32 Å². The zero-order valence-corrected chi connectivity index (χ0v) is 11.0. The number of hydrogen-bond acceptors (Lipinski definition) is 4. The molecule has 1 fully saturated rings. The monoisotopic (exact) mass is 242 g/mol. The molecule has 15 heavy (non-hydrogen) atoms. The second kappa shape index (κ2) is 4.85. The van der Waals surface area contributed by atoms with E-state index >= 15 is 0 Å². The van der Waals surface area contributed by atoms with Crippen LogP contribution in [0, 0.1) is 6.92 Å². The predicted octanol–water partition coefficient (Wildman–Crippen LogP) is 2.83. The molecule has 1 aromatic heterocycles. The van der Waals surface area contributed by atoms with E-state index in [4.69, 9.17) is 0 Å². The molecule has 2 heterocycles. The largest absolute Gasteiger partial charge is 0.310 e. The smallest absolute Gasteiger partial charge is 0.0897 e. The van der Waals surface area contributed by atoms with Gasteiger partial charge in [0.05, 0.1) is 10.7 Å². The summed E-state index contributed by atoms with van der Waals surface area (Å²) in [7, 11) is 0. The van der Waals surface area contributed by atoms with Crippen molar-refractivity contribution in [3.63, 3.8) is 0 Å². The Morgan fingerprint density at radius 2 is 2.47 bits per heavy atom. The molecule has 1 aliphatic heterocycles. The van der Waals surface area contributed by atoms with Gasteiger partial charge < -0.3 is 5.32 Å². The summed E-state index contributed by atoms with van der Waals surface area (Å²) in [5, 5.41) is 6.83. The van der Waals surface area contributed by atoms with Crippen molar-refractivity contribution in [2.45, 2.75) is 38.0 Å². The quantitative estimate of drug-likeness (QED) is 0.879. The Morgan fingerprint density at radius 1 is 1.60 bits per heavy atom. The van der Waals surface area contributed by atoms with Crippen molar-refractivity contribution in [3.05, 3.63) is 16.1 Å². The van der Waals surface area contributed by atoms with Crippen molar-refractivity contribution >= 4 is 23.1 Å². The Kier molecular flexibility index (Phi) is 3.69. The van der Waals surface area contributed by atoms with Crippen molar-refractivity contribution in [2.24, 2.45) is 0 Å². The molecule has 1 N–H and O–H groups in total. The van der Waals surface area contributed by atoms with Gasteiger partial charge in [-0.05, 0) is 32.4 Å². The summed E-state index contributed by atoms with van der Waals surface area (Å²) in [6.07, 6.45) is 2.72. The van der Waals surface area contributed by atoms with E-state index < -0.39 is 0 Å². The molecule has 1 atom stereocenters. The van der Waals surface area contributed by atoms with Gasteiger partial charge in [0.2, 0.25) is 0 Å². The minimum Gasteiger partial charge on any atom is -0.310 e. The fraction of sp³-hybridized carbons (Fsp3) is 0.727. The van der Waals surface area contributed by atoms with E-state index in [1.54, 1.807) is 11.3 Å². The molecule has 0 amide bonds. The highest BCUT2D eigenvalue weighted by Crippen LogP contribution is 2.36. The molecule has 4 heteroatoms. The second-order valence-corrected chi connectivity index (χ2v) is 7.11. The third-order valence-corrected chi connectivity index (χ3v) is 5.13. The minimum absolute atomic E-state index is 0.463. The average Bonchev–Trinajstić information content (AvgIpc) is 2.76. The zero-order valence-electron chi connectivity index (χ0n) is 9.38. The van der Waals surface area contributed by atoms with E-state index in [1.165, 1.54) is 24.3 Å². The third kappa shape index (κ3) is 3.20. The standard InChI is InChI=1S/C11H18N2S2/c1-9-13-10(7-14-9)6-12-8-11(2)4-3-5-15-11/h7,12H,3-6,8H2,1-2H3. The first-order valence-corrected chi connectivity index (χ1v) is 7.30. The number of rotatable bonds is 4. The van der Waals surface area contributed by atoms with Gasteiger partial charge in [-0.1, -0.05) is 0 Å². The highest BCUT2D eigenvalue weighted by molar-refractivity contribution is 8.00. The van der Waals surface area contributed by atoms with Gasteiger partial charge in [0.15, 0.2) is 0 Å². The maximum absolute atomic E-state index is 4.45. The summed E-state index contributed by atoms with van der Waals surface area (Å²) >= 11 is 3.83.